The summed E-state index contributed by atoms with van der Waals surface area (Å²) in [6, 6.07) is 7.68. The van der Waals surface area contributed by atoms with Crippen LogP contribution in [0.5, 0.6) is 0 Å². The van der Waals surface area contributed by atoms with Gasteiger partial charge < -0.3 is 10.6 Å². The van der Waals surface area contributed by atoms with E-state index in [9.17, 15) is 9.18 Å². The van der Waals surface area contributed by atoms with Crippen LogP contribution < -0.4 is 5.73 Å². The molecular formula is C21H30FN3O. The predicted molar refractivity (Wildman–Crippen MR) is 100 cm³/mol. The van der Waals surface area contributed by atoms with Gasteiger partial charge in [-0.05, 0) is 68.9 Å². The molecule has 26 heavy (non-hydrogen) atoms. The third-order valence-corrected chi connectivity index (χ3v) is 6.71. The fourth-order valence-electron chi connectivity index (χ4n) is 5.45. The number of piperidine rings is 3. The summed E-state index contributed by atoms with van der Waals surface area (Å²) in [6.07, 6.45) is 5.99. The maximum absolute atomic E-state index is 13.4. The Kier molecular flexibility index (Phi) is 5.28. The molecule has 0 radical (unpaired) electrons. The minimum absolute atomic E-state index is 0.193. The van der Waals surface area contributed by atoms with Crippen molar-refractivity contribution in [2.75, 3.05) is 26.2 Å². The molecule has 1 amide bonds. The molecule has 2 bridgehead atoms. The van der Waals surface area contributed by atoms with E-state index in [0.29, 0.717) is 42.8 Å². The first-order chi connectivity index (χ1) is 12.7. The van der Waals surface area contributed by atoms with Crippen molar-refractivity contribution in [3.8, 4) is 0 Å². The van der Waals surface area contributed by atoms with Crippen molar-refractivity contribution in [3.63, 3.8) is 0 Å². The summed E-state index contributed by atoms with van der Waals surface area (Å²) in [5.41, 5.74) is 6.74. The Hall–Kier alpha value is -1.46. The summed E-state index contributed by atoms with van der Waals surface area (Å²) in [5, 5.41) is 0. The number of carbonyl (C=O) groups excluding carboxylic acids is 1. The average Bonchev–Trinajstić information content (AvgIpc) is 3.10. The number of amides is 1. The van der Waals surface area contributed by atoms with Crippen molar-refractivity contribution in [2.24, 2.45) is 11.7 Å². The molecular weight excluding hydrogens is 329 g/mol. The summed E-state index contributed by atoms with van der Waals surface area (Å²) in [5.74, 6) is 1.04. The lowest BCUT2D eigenvalue weighted by atomic mass is 9.75. The number of likely N-dealkylation sites (tertiary alicyclic amines) is 1. The van der Waals surface area contributed by atoms with Gasteiger partial charge in [0.05, 0.1) is 6.04 Å². The predicted octanol–water partition coefficient (Wildman–Crippen LogP) is 2.73. The van der Waals surface area contributed by atoms with Crippen molar-refractivity contribution in [1.82, 2.24) is 9.80 Å². The van der Waals surface area contributed by atoms with Crippen molar-refractivity contribution < 1.29 is 9.18 Å². The molecule has 142 valence electrons. The van der Waals surface area contributed by atoms with Gasteiger partial charge in [-0.1, -0.05) is 18.6 Å². The Balaban J connectivity index is 1.54. The largest absolute Gasteiger partial charge is 0.337 e. The maximum atomic E-state index is 13.4. The van der Waals surface area contributed by atoms with Crippen LogP contribution in [0.3, 0.4) is 0 Å². The second kappa shape index (κ2) is 7.65. The molecule has 3 atom stereocenters. The van der Waals surface area contributed by atoms with Crippen LogP contribution in [0, 0.1) is 11.7 Å². The number of halogens is 1. The summed E-state index contributed by atoms with van der Waals surface area (Å²) >= 11 is 0. The van der Waals surface area contributed by atoms with Crippen molar-refractivity contribution in [2.45, 2.75) is 56.5 Å². The van der Waals surface area contributed by atoms with E-state index in [0.717, 1.165) is 38.9 Å². The van der Waals surface area contributed by atoms with Gasteiger partial charge in [0.25, 0.3) is 0 Å². The van der Waals surface area contributed by atoms with Crippen LogP contribution in [0.1, 0.15) is 50.0 Å². The molecule has 5 heteroatoms. The highest BCUT2D eigenvalue weighted by Crippen LogP contribution is 2.46. The second-order valence-electron chi connectivity index (χ2n) is 8.16. The van der Waals surface area contributed by atoms with Crippen molar-refractivity contribution in [1.29, 1.82) is 0 Å². The summed E-state index contributed by atoms with van der Waals surface area (Å²) in [4.78, 5) is 17.7. The lowest BCUT2D eigenvalue weighted by molar-refractivity contribution is -0.136. The fourth-order valence-corrected chi connectivity index (χ4v) is 5.45. The molecule has 1 aromatic carbocycles. The smallest absolute Gasteiger partial charge is 0.222 e. The Morgan fingerprint density at radius 2 is 1.81 bits per heavy atom. The number of hydrogen-bond donors (Lipinski definition) is 1. The summed E-state index contributed by atoms with van der Waals surface area (Å²) in [7, 11) is 0. The molecule has 4 fully saturated rings. The minimum atomic E-state index is -0.193. The number of unbranched alkanes of at least 4 members (excludes halogenated alkanes) is 2. The molecule has 0 spiro atoms. The number of rotatable bonds is 6. The number of hydrogen-bond acceptors (Lipinski definition) is 3. The highest BCUT2D eigenvalue weighted by atomic mass is 19.1. The van der Waals surface area contributed by atoms with Crippen molar-refractivity contribution in [3.05, 3.63) is 35.6 Å². The molecule has 4 saturated heterocycles. The monoisotopic (exact) mass is 359 g/mol. The number of carbonyl (C=O) groups is 1. The van der Waals surface area contributed by atoms with Gasteiger partial charge in [0.2, 0.25) is 5.91 Å². The Morgan fingerprint density at radius 3 is 2.50 bits per heavy atom. The van der Waals surface area contributed by atoms with Gasteiger partial charge in [0.15, 0.2) is 0 Å². The van der Waals surface area contributed by atoms with E-state index >= 15 is 0 Å². The van der Waals surface area contributed by atoms with Gasteiger partial charge >= 0.3 is 0 Å². The van der Waals surface area contributed by atoms with E-state index in [1.165, 1.54) is 18.4 Å². The van der Waals surface area contributed by atoms with E-state index in [1.807, 2.05) is 12.1 Å². The quantitative estimate of drug-likeness (QED) is 0.795. The van der Waals surface area contributed by atoms with Crippen molar-refractivity contribution >= 4 is 5.91 Å². The van der Waals surface area contributed by atoms with Crippen LogP contribution in [0.2, 0.25) is 0 Å². The molecule has 5 rings (SSSR count). The second-order valence-corrected chi connectivity index (χ2v) is 8.16. The van der Waals surface area contributed by atoms with Gasteiger partial charge in [-0.2, -0.15) is 0 Å². The lowest BCUT2D eigenvalue weighted by Crippen LogP contribution is -2.60. The van der Waals surface area contributed by atoms with Gasteiger partial charge in [0.1, 0.15) is 5.82 Å². The number of nitrogens with two attached hydrogens (primary N) is 1. The van der Waals surface area contributed by atoms with Crippen LogP contribution in [0.4, 0.5) is 4.39 Å². The van der Waals surface area contributed by atoms with E-state index in [2.05, 4.69) is 9.80 Å². The Morgan fingerprint density at radius 1 is 1.08 bits per heavy atom. The topological polar surface area (TPSA) is 49.6 Å². The van der Waals surface area contributed by atoms with Gasteiger partial charge in [-0.15, -0.1) is 0 Å². The van der Waals surface area contributed by atoms with Gasteiger partial charge in [-0.25, -0.2) is 4.39 Å². The van der Waals surface area contributed by atoms with Gasteiger partial charge in [-0.3, -0.25) is 9.69 Å². The zero-order valence-electron chi connectivity index (χ0n) is 15.4. The van der Waals surface area contributed by atoms with E-state index in [1.54, 1.807) is 12.1 Å². The average molecular weight is 359 g/mol. The minimum Gasteiger partial charge on any atom is -0.337 e. The number of benzene rings is 1. The molecule has 0 unspecified atom stereocenters. The SMILES string of the molecule is NCCCCCC(=O)N1C[C@@H](c2ccc(F)cc2)[C@@H]2[C@H]1C1CCN2CC1. The Labute approximate surface area is 155 Å². The molecule has 4 nitrogen and oxygen atoms in total. The first-order valence-corrected chi connectivity index (χ1v) is 10.2. The van der Waals surface area contributed by atoms with E-state index < -0.39 is 0 Å². The number of fused-ring (bicyclic) bond motifs is 2. The zero-order valence-corrected chi connectivity index (χ0v) is 15.4. The molecule has 4 aliphatic heterocycles. The molecule has 0 aromatic heterocycles. The summed E-state index contributed by atoms with van der Waals surface area (Å²) in [6.45, 7) is 3.76. The van der Waals surface area contributed by atoms with Crippen LogP contribution in [0.15, 0.2) is 24.3 Å². The number of nitrogens with zero attached hydrogens (tertiary/aromatic N) is 2. The highest BCUT2D eigenvalue weighted by Gasteiger charge is 2.54. The third-order valence-electron chi connectivity index (χ3n) is 6.71. The highest BCUT2D eigenvalue weighted by molar-refractivity contribution is 5.77. The normalized spacial score (nSPS) is 32.7. The van der Waals surface area contributed by atoms with E-state index in [-0.39, 0.29) is 5.82 Å². The molecule has 1 aromatic rings. The molecule has 4 heterocycles. The van der Waals surface area contributed by atoms with E-state index in [4.69, 9.17) is 5.73 Å². The Bertz CT molecular complexity index is 627. The standard InChI is InChI=1S/C21H30FN3O/c22-17-7-5-15(6-8-17)18-14-25(19(26)4-2-1-3-11-23)20-16-9-12-24(13-10-16)21(18)20/h5-8,16,18,20-21H,1-4,9-14,23H2/t18-,20+,21+/m0/s1. The van der Waals surface area contributed by atoms with Crippen LogP contribution in [-0.4, -0.2) is 54.0 Å². The molecule has 0 aliphatic carbocycles. The van der Waals surface area contributed by atoms with Crippen LogP contribution in [0.25, 0.3) is 0 Å². The first-order valence-electron chi connectivity index (χ1n) is 10.2. The maximum Gasteiger partial charge on any atom is 0.222 e. The van der Waals surface area contributed by atoms with Crippen LogP contribution >= 0.6 is 0 Å². The summed E-state index contributed by atoms with van der Waals surface area (Å²) < 4.78 is 13.4. The lowest BCUT2D eigenvalue weighted by Gasteiger charge is -2.51. The van der Waals surface area contributed by atoms with Gasteiger partial charge in [0, 0.05) is 24.9 Å². The first kappa shape index (κ1) is 17.9. The molecule has 4 aliphatic rings. The molecule has 0 saturated carbocycles. The fraction of sp³-hybridized carbons (Fsp3) is 0.667. The van der Waals surface area contributed by atoms with Crippen LogP contribution in [-0.2, 0) is 4.79 Å². The molecule has 2 N–H and O–H groups in total. The third kappa shape index (κ3) is 3.27. The zero-order chi connectivity index (χ0) is 18.1.